The van der Waals surface area contributed by atoms with Crippen LogP contribution in [-0.2, 0) is 4.74 Å². The summed E-state index contributed by atoms with van der Waals surface area (Å²) in [6.07, 6.45) is 3.47. The van der Waals surface area contributed by atoms with Gasteiger partial charge in [-0.05, 0) is 44.2 Å². The monoisotopic (exact) mass is 479 g/mol. The summed E-state index contributed by atoms with van der Waals surface area (Å²) < 4.78 is 24.1. The van der Waals surface area contributed by atoms with E-state index in [2.05, 4.69) is 29.2 Å². The lowest BCUT2D eigenvalue weighted by Crippen LogP contribution is -2.40. The molecule has 1 N–H and O–H groups in total. The summed E-state index contributed by atoms with van der Waals surface area (Å²) in [4.78, 5) is 6.77. The molecule has 7 heteroatoms. The van der Waals surface area contributed by atoms with E-state index in [1.54, 1.807) is 12.1 Å². The van der Waals surface area contributed by atoms with Crippen LogP contribution in [-0.4, -0.2) is 57.4 Å². The second-order valence-corrected chi connectivity index (χ2v) is 6.31. The zero-order valence-electron chi connectivity index (χ0n) is 15.7. The van der Waals surface area contributed by atoms with Crippen molar-refractivity contribution in [3.63, 3.8) is 0 Å². The summed E-state index contributed by atoms with van der Waals surface area (Å²) >= 11 is 0. The molecule has 1 fully saturated rings. The predicted octanol–water partition coefficient (Wildman–Crippen LogP) is 3.54. The van der Waals surface area contributed by atoms with Crippen molar-refractivity contribution in [1.82, 2.24) is 10.2 Å². The second-order valence-electron chi connectivity index (χ2n) is 6.31. The van der Waals surface area contributed by atoms with E-state index in [1.807, 2.05) is 0 Å². The van der Waals surface area contributed by atoms with Crippen LogP contribution in [0.5, 0.6) is 5.75 Å². The summed E-state index contributed by atoms with van der Waals surface area (Å²) in [5.74, 6) is 1.88. The number of guanidine groups is 1. The molecule has 5 nitrogen and oxygen atoms in total. The van der Waals surface area contributed by atoms with Gasteiger partial charge in [0.15, 0.2) is 5.96 Å². The van der Waals surface area contributed by atoms with Gasteiger partial charge in [-0.3, -0.25) is 0 Å². The number of ether oxygens (including phenoxy) is 2. The van der Waals surface area contributed by atoms with Crippen LogP contribution < -0.4 is 10.1 Å². The van der Waals surface area contributed by atoms with E-state index in [9.17, 15) is 4.39 Å². The summed E-state index contributed by atoms with van der Waals surface area (Å²) in [5, 5.41) is 3.31. The highest BCUT2D eigenvalue weighted by Crippen LogP contribution is 2.18. The number of hydrogen-bond donors (Lipinski definition) is 1. The fourth-order valence-corrected chi connectivity index (χ4v) is 2.86. The molecular weight excluding hydrogens is 448 g/mol. The van der Waals surface area contributed by atoms with Crippen molar-refractivity contribution in [2.45, 2.75) is 26.2 Å². The molecule has 2 rings (SSSR count). The maximum absolute atomic E-state index is 13.1. The maximum atomic E-state index is 13.1. The fourth-order valence-electron chi connectivity index (χ4n) is 2.86. The molecule has 0 spiro atoms. The average Bonchev–Trinajstić information content (AvgIpc) is 2.63. The number of nitrogens with one attached hydrogen (secondary N) is 1. The number of hydrogen-bond acceptors (Lipinski definition) is 3. The van der Waals surface area contributed by atoms with Gasteiger partial charge in [-0.15, -0.1) is 24.0 Å². The van der Waals surface area contributed by atoms with Gasteiger partial charge in [-0.2, -0.15) is 0 Å². The lowest BCUT2D eigenvalue weighted by molar-refractivity contribution is 0.0625. The van der Waals surface area contributed by atoms with Crippen LogP contribution in [0.15, 0.2) is 29.3 Å². The maximum Gasteiger partial charge on any atom is 0.193 e. The smallest absolute Gasteiger partial charge is 0.193 e. The molecule has 1 heterocycles. The van der Waals surface area contributed by atoms with Gasteiger partial charge in [0.1, 0.15) is 18.2 Å². The van der Waals surface area contributed by atoms with Crippen LogP contribution in [0.25, 0.3) is 0 Å². The third-order valence-corrected chi connectivity index (χ3v) is 4.33. The van der Waals surface area contributed by atoms with E-state index in [0.29, 0.717) is 18.9 Å². The number of rotatable bonds is 8. The predicted molar refractivity (Wildman–Crippen MR) is 114 cm³/mol. The van der Waals surface area contributed by atoms with Crippen LogP contribution in [0, 0.1) is 11.7 Å². The van der Waals surface area contributed by atoms with E-state index in [4.69, 9.17) is 9.47 Å². The molecule has 0 saturated carbocycles. The van der Waals surface area contributed by atoms with Crippen molar-refractivity contribution in [2.24, 2.45) is 10.9 Å². The SMILES string of the molecule is CCNC(=NCCOc1cccc(F)c1)N(C)CCC1CCOCC1.I. The normalized spacial score (nSPS) is 15.3. The second kappa shape index (κ2) is 13.1. The molecular formula is C19H31FIN3O2. The lowest BCUT2D eigenvalue weighted by Gasteiger charge is -2.26. The van der Waals surface area contributed by atoms with Crippen molar-refractivity contribution in [1.29, 1.82) is 0 Å². The van der Waals surface area contributed by atoms with Crippen LogP contribution in [0.4, 0.5) is 4.39 Å². The molecule has 1 aromatic rings. The van der Waals surface area contributed by atoms with Crippen molar-refractivity contribution >= 4 is 29.9 Å². The van der Waals surface area contributed by atoms with Gasteiger partial charge < -0.3 is 19.7 Å². The highest BCUT2D eigenvalue weighted by atomic mass is 127. The Kier molecular flexibility index (Phi) is 11.6. The zero-order valence-corrected chi connectivity index (χ0v) is 18.1. The molecule has 26 heavy (non-hydrogen) atoms. The van der Waals surface area contributed by atoms with Crippen molar-refractivity contribution in [3.8, 4) is 5.75 Å². The van der Waals surface area contributed by atoms with Crippen LogP contribution in [0.3, 0.4) is 0 Å². The highest BCUT2D eigenvalue weighted by Gasteiger charge is 2.15. The summed E-state index contributed by atoms with van der Waals surface area (Å²) in [6.45, 7) is 6.59. The van der Waals surface area contributed by atoms with Crippen molar-refractivity contribution < 1.29 is 13.9 Å². The van der Waals surface area contributed by atoms with E-state index in [1.165, 1.54) is 12.1 Å². The molecule has 1 saturated heterocycles. The van der Waals surface area contributed by atoms with Gasteiger partial charge in [0.2, 0.25) is 0 Å². The number of benzene rings is 1. The standard InChI is InChI=1S/C19H30FN3O2.HI/c1-3-21-19(23(2)11-7-16-8-12-24-13-9-16)22-10-14-25-18-6-4-5-17(20)15-18;/h4-6,15-16H,3,7-14H2,1-2H3,(H,21,22);1H. The van der Waals surface area contributed by atoms with Crippen LogP contribution >= 0.6 is 24.0 Å². The molecule has 1 aliphatic rings. The Balaban J connectivity index is 0.00000338. The summed E-state index contributed by atoms with van der Waals surface area (Å²) in [7, 11) is 2.06. The number of nitrogens with zero attached hydrogens (tertiary/aromatic N) is 2. The topological polar surface area (TPSA) is 46.1 Å². The van der Waals surface area contributed by atoms with Crippen LogP contribution in [0.1, 0.15) is 26.2 Å². The molecule has 0 aromatic heterocycles. The first-order valence-corrected chi connectivity index (χ1v) is 9.14. The third-order valence-electron chi connectivity index (χ3n) is 4.33. The Bertz CT molecular complexity index is 539. The first-order chi connectivity index (χ1) is 12.2. The van der Waals surface area contributed by atoms with E-state index in [0.717, 1.165) is 57.4 Å². The van der Waals surface area contributed by atoms with E-state index < -0.39 is 0 Å². The molecule has 0 amide bonds. The van der Waals surface area contributed by atoms with Gasteiger partial charge in [0.05, 0.1) is 6.54 Å². The van der Waals surface area contributed by atoms with Crippen molar-refractivity contribution in [2.75, 3.05) is 46.5 Å². The van der Waals surface area contributed by atoms with E-state index in [-0.39, 0.29) is 29.8 Å². The Labute approximate surface area is 173 Å². The zero-order chi connectivity index (χ0) is 17.9. The largest absolute Gasteiger partial charge is 0.492 e. The highest BCUT2D eigenvalue weighted by molar-refractivity contribution is 14.0. The molecule has 148 valence electrons. The minimum Gasteiger partial charge on any atom is -0.492 e. The van der Waals surface area contributed by atoms with Gasteiger partial charge in [0.25, 0.3) is 0 Å². The minimum atomic E-state index is -0.290. The number of aliphatic imine (C=N–C) groups is 1. The fraction of sp³-hybridized carbons (Fsp3) is 0.632. The first kappa shape index (κ1) is 23.0. The molecule has 1 aromatic carbocycles. The Morgan fingerprint density at radius 1 is 1.38 bits per heavy atom. The Morgan fingerprint density at radius 3 is 2.85 bits per heavy atom. The van der Waals surface area contributed by atoms with Crippen molar-refractivity contribution in [3.05, 3.63) is 30.1 Å². The summed E-state index contributed by atoms with van der Waals surface area (Å²) in [5.41, 5.74) is 0. The average molecular weight is 479 g/mol. The van der Waals surface area contributed by atoms with Crippen LogP contribution in [0.2, 0.25) is 0 Å². The molecule has 0 aliphatic carbocycles. The molecule has 0 bridgehead atoms. The minimum absolute atomic E-state index is 0. The van der Waals surface area contributed by atoms with Gasteiger partial charge in [-0.25, -0.2) is 9.38 Å². The van der Waals surface area contributed by atoms with Gasteiger partial charge in [-0.1, -0.05) is 6.07 Å². The quantitative estimate of drug-likeness (QED) is 0.268. The Hall–Kier alpha value is -1.09. The molecule has 0 radical (unpaired) electrons. The molecule has 1 aliphatic heterocycles. The van der Waals surface area contributed by atoms with E-state index >= 15 is 0 Å². The molecule has 0 atom stereocenters. The molecule has 0 unspecified atom stereocenters. The van der Waals surface area contributed by atoms with Gasteiger partial charge in [0, 0.05) is 39.4 Å². The Morgan fingerprint density at radius 2 is 2.15 bits per heavy atom. The first-order valence-electron chi connectivity index (χ1n) is 9.14. The number of halogens is 2. The third kappa shape index (κ3) is 8.53. The summed E-state index contributed by atoms with van der Waals surface area (Å²) in [6, 6.07) is 6.18. The van der Waals surface area contributed by atoms with Gasteiger partial charge >= 0.3 is 0 Å². The lowest BCUT2D eigenvalue weighted by atomic mass is 9.96.